The van der Waals surface area contributed by atoms with Crippen LogP contribution in [0.4, 0.5) is 5.82 Å². The third kappa shape index (κ3) is 5.36. The second-order valence-electron chi connectivity index (χ2n) is 8.38. The second kappa shape index (κ2) is 9.26. The molecule has 2 saturated heterocycles. The van der Waals surface area contributed by atoms with E-state index in [0.29, 0.717) is 18.4 Å². The number of aromatic nitrogens is 1. The molecule has 0 radical (unpaired) electrons. The summed E-state index contributed by atoms with van der Waals surface area (Å²) in [7, 11) is 0. The number of guanidine groups is 1. The molecule has 0 saturated carbocycles. The predicted molar refractivity (Wildman–Crippen MR) is 114 cm³/mol. The van der Waals surface area contributed by atoms with Crippen molar-refractivity contribution in [3.05, 3.63) is 24.4 Å². The summed E-state index contributed by atoms with van der Waals surface area (Å²) < 4.78 is 0. The summed E-state index contributed by atoms with van der Waals surface area (Å²) in [4.78, 5) is 28.2. The molecule has 154 valence electrons. The Labute approximate surface area is 168 Å². The van der Waals surface area contributed by atoms with E-state index < -0.39 is 0 Å². The first-order chi connectivity index (χ1) is 13.5. The molecule has 0 aliphatic carbocycles. The number of nitrogens with zero attached hydrogens (tertiary/aromatic N) is 5. The van der Waals surface area contributed by atoms with Gasteiger partial charge in [-0.1, -0.05) is 19.9 Å². The summed E-state index contributed by atoms with van der Waals surface area (Å²) in [6.45, 7) is 13.3. The Kier molecular flexibility index (Phi) is 6.75. The van der Waals surface area contributed by atoms with Gasteiger partial charge in [-0.05, 0) is 30.9 Å². The van der Waals surface area contributed by atoms with Crippen LogP contribution in [0.2, 0.25) is 0 Å². The van der Waals surface area contributed by atoms with Crippen LogP contribution in [0.3, 0.4) is 0 Å². The molecule has 2 fully saturated rings. The maximum atomic E-state index is 12.6. The van der Waals surface area contributed by atoms with Crippen LogP contribution >= 0.6 is 0 Å². The van der Waals surface area contributed by atoms with E-state index in [1.165, 1.54) is 6.42 Å². The highest BCUT2D eigenvalue weighted by atomic mass is 16.2. The molecule has 1 aromatic rings. The second-order valence-corrected chi connectivity index (χ2v) is 8.38. The van der Waals surface area contributed by atoms with Crippen LogP contribution in [0.15, 0.2) is 29.4 Å². The Bertz CT molecular complexity index is 667. The van der Waals surface area contributed by atoms with Crippen LogP contribution < -0.4 is 10.2 Å². The fraction of sp³-hybridized carbons (Fsp3) is 0.667. The van der Waals surface area contributed by atoms with Crippen LogP contribution in [-0.4, -0.2) is 79.0 Å². The number of pyridine rings is 1. The molecular weight excluding hydrogens is 352 g/mol. The van der Waals surface area contributed by atoms with Gasteiger partial charge in [0, 0.05) is 58.4 Å². The van der Waals surface area contributed by atoms with E-state index in [2.05, 4.69) is 40.9 Å². The van der Waals surface area contributed by atoms with Gasteiger partial charge in [0.25, 0.3) is 0 Å². The van der Waals surface area contributed by atoms with Crippen molar-refractivity contribution >= 4 is 17.7 Å². The number of nitrogens with one attached hydrogen (secondary N) is 1. The number of carbonyl (C=O) groups excluding carboxylic acids is 1. The summed E-state index contributed by atoms with van der Waals surface area (Å²) in [5.74, 6) is 2.13. The lowest BCUT2D eigenvalue weighted by Crippen LogP contribution is -2.49. The van der Waals surface area contributed by atoms with Crippen LogP contribution in [0.5, 0.6) is 0 Å². The largest absolute Gasteiger partial charge is 0.357 e. The summed E-state index contributed by atoms with van der Waals surface area (Å²) in [5.41, 5.74) is 0.333. The standard InChI is InChI=1S/C21H34N6O/c1-4-22-20(27-12-9-21(2,3)17-27)24-11-8-19(28)26-15-13-25(14-16-26)18-7-5-6-10-23-18/h5-7,10H,4,8-9,11-17H2,1-3H3,(H,22,24). The Balaban J connectivity index is 1.46. The molecule has 2 aliphatic rings. The summed E-state index contributed by atoms with van der Waals surface area (Å²) >= 11 is 0. The zero-order valence-corrected chi connectivity index (χ0v) is 17.5. The van der Waals surface area contributed by atoms with Crippen molar-refractivity contribution in [2.75, 3.05) is 57.3 Å². The molecule has 0 atom stereocenters. The summed E-state index contributed by atoms with van der Waals surface area (Å²) in [5, 5.41) is 3.38. The van der Waals surface area contributed by atoms with Crippen LogP contribution in [0, 0.1) is 5.41 Å². The number of likely N-dealkylation sites (tertiary alicyclic amines) is 1. The van der Waals surface area contributed by atoms with Gasteiger partial charge in [-0.2, -0.15) is 0 Å². The third-order valence-electron chi connectivity index (χ3n) is 5.50. The molecule has 7 heteroatoms. The smallest absolute Gasteiger partial charge is 0.224 e. The summed E-state index contributed by atoms with van der Waals surface area (Å²) in [6.07, 6.45) is 3.46. The number of carbonyl (C=O) groups is 1. The SMILES string of the molecule is CCNC(=NCCC(=O)N1CCN(c2ccccn2)CC1)N1CCC(C)(C)C1. The Morgan fingerprint density at radius 2 is 1.96 bits per heavy atom. The summed E-state index contributed by atoms with van der Waals surface area (Å²) in [6, 6.07) is 5.95. The van der Waals surface area contributed by atoms with Crippen LogP contribution in [0.25, 0.3) is 0 Å². The Morgan fingerprint density at radius 3 is 2.57 bits per heavy atom. The molecular formula is C21H34N6O. The molecule has 1 N–H and O–H groups in total. The van der Waals surface area contributed by atoms with Crippen molar-refractivity contribution in [2.45, 2.75) is 33.6 Å². The van der Waals surface area contributed by atoms with Gasteiger partial charge in [-0.3, -0.25) is 9.79 Å². The van der Waals surface area contributed by atoms with Gasteiger partial charge < -0.3 is 20.0 Å². The van der Waals surface area contributed by atoms with Gasteiger partial charge >= 0.3 is 0 Å². The van der Waals surface area contributed by atoms with Crippen molar-refractivity contribution < 1.29 is 4.79 Å². The fourth-order valence-electron chi connectivity index (χ4n) is 3.86. The molecule has 2 aliphatic heterocycles. The first kappa shape index (κ1) is 20.4. The number of anilines is 1. The Hall–Kier alpha value is -2.31. The lowest BCUT2D eigenvalue weighted by Gasteiger charge is -2.35. The van der Waals surface area contributed by atoms with Crippen molar-refractivity contribution in [3.8, 4) is 0 Å². The molecule has 3 heterocycles. The average Bonchev–Trinajstić information content (AvgIpc) is 3.07. The maximum absolute atomic E-state index is 12.6. The van der Waals surface area contributed by atoms with Crippen LogP contribution in [0.1, 0.15) is 33.6 Å². The molecule has 0 bridgehead atoms. The molecule has 3 rings (SSSR count). The molecule has 0 aromatic carbocycles. The molecule has 28 heavy (non-hydrogen) atoms. The molecule has 1 amide bonds. The van der Waals surface area contributed by atoms with Gasteiger partial charge in [0.1, 0.15) is 5.82 Å². The lowest BCUT2D eigenvalue weighted by molar-refractivity contribution is -0.131. The molecule has 0 spiro atoms. The van der Waals surface area contributed by atoms with E-state index >= 15 is 0 Å². The van der Waals surface area contributed by atoms with Crippen molar-refractivity contribution in [3.63, 3.8) is 0 Å². The van der Waals surface area contributed by atoms with Gasteiger partial charge in [0.05, 0.1) is 6.54 Å². The van der Waals surface area contributed by atoms with Crippen molar-refractivity contribution in [2.24, 2.45) is 10.4 Å². The first-order valence-corrected chi connectivity index (χ1v) is 10.5. The van der Waals surface area contributed by atoms with E-state index in [1.54, 1.807) is 0 Å². The van der Waals surface area contributed by atoms with E-state index in [4.69, 9.17) is 4.99 Å². The van der Waals surface area contributed by atoms with Gasteiger partial charge in [0.15, 0.2) is 5.96 Å². The number of hydrogen-bond acceptors (Lipinski definition) is 4. The molecule has 0 unspecified atom stereocenters. The van der Waals surface area contributed by atoms with Crippen LogP contribution in [-0.2, 0) is 4.79 Å². The number of piperazine rings is 1. The van der Waals surface area contributed by atoms with E-state index in [0.717, 1.165) is 57.6 Å². The number of rotatable bonds is 5. The minimum Gasteiger partial charge on any atom is -0.357 e. The minimum absolute atomic E-state index is 0.196. The van der Waals surface area contributed by atoms with Gasteiger partial charge in [-0.25, -0.2) is 4.98 Å². The highest BCUT2D eigenvalue weighted by molar-refractivity contribution is 5.81. The number of aliphatic imine (C=N–C) groups is 1. The van der Waals surface area contributed by atoms with E-state index in [1.807, 2.05) is 29.3 Å². The average molecular weight is 387 g/mol. The minimum atomic E-state index is 0.196. The lowest BCUT2D eigenvalue weighted by atomic mass is 9.93. The monoisotopic (exact) mass is 386 g/mol. The van der Waals surface area contributed by atoms with E-state index in [-0.39, 0.29) is 5.91 Å². The van der Waals surface area contributed by atoms with Crippen molar-refractivity contribution in [1.82, 2.24) is 20.1 Å². The third-order valence-corrected chi connectivity index (χ3v) is 5.50. The molecule has 7 nitrogen and oxygen atoms in total. The highest BCUT2D eigenvalue weighted by Gasteiger charge is 2.31. The normalized spacial score (nSPS) is 19.8. The quantitative estimate of drug-likeness (QED) is 0.618. The first-order valence-electron chi connectivity index (χ1n) is 10.5. The number of hydrogen-bond donors (Lipinski definition) is 1. The van der Waals surface area contributed by atoms with Gasteiger partial charge in [0.2, 0.25) is 5.91 Å². The Morgan fingerprint density at radius 1 is 1.18 bits per heavy atom. The zero-order valence-electron chi connectivity index (χ0n) is 17.5. The predicted octanol–water partition coefficient (Wildman–Crippen LogP) is 1.82. The molecule has 1 aromatic heterocycles. The number of amides is 1. The fourth-order valence-corrected chi connectivity index (χ4v) is 3.86. The highest BCUT2D eigenvalue weighted by Crippen LogP contribution is 2.28. The maximum Gasteiger partial charge on any atom is 0.224 e. The zero-order chi connectivity index (χ0) is 20.0. The van der Waals surface area contributed by atoms with Crippen molar-refractivity contribution in [1.29, 1.82) is 0 Å². The van der Waals surface area contributed by atoms with E-state index in [9.17, 15) is 4.79 Å². The topological polar surface area (TPSA) is 64.1 Å². The van der Waals surface area contributed by atoms with Gasteiger partial charge in [-0.15, -0.1) is 0 Å².